The van der Waals surface area contributed by atoms with Gasteiger partial charge in [0, 0.05) is 38.4 Å². The molecule has 2 aromatic rings. The van der Waals surface area contributed by atoms with Crippen LogP contribution in [-0.2, 0) is 6.18 Å². The zero-order valence-electron chi connectivity index (χ0n) is 11.3. The van der Waals surface area contributed by atoms with E-state index in [0.717, 1.165) is 44.1 Å². The summed E-state index contributed by atoms with van der Waals surface area (Å²) in [4.78, 5) is 2.15. The number of benzene rings is 1. The van der Waals surface area contributed by atoms with E-state index in [2.05, 4.69) is 15.3 Å². The highest BCUT2D eigenvalue weighted by molar-refractivity contribution is 5.42. The number of aromatic nitrogens is 2. The molecule has 0 saturated carbocycles. The van der Waals surface area contributed by atoms with Crippen molar-refractivity contribution in [2.45, 2.75) is 6.18 Å². The van der Waals surface area contributed by atoms with Crippen molar-refractivity contribution in [3.63, 3.8) is 0 Å². The number of anilines is 1. The van der Waals surface area contributed by atoms with Crippen LogP contribution in [-0.4, -0.2) is 36.0 Å². The Bertz CT molecular complexity index is 597. The zero-order chi connectivity index (χ0) is 14.9. The second kappa shape index (κ2) is 5.40. The van der Waals surface area contributed by atoms with E-state index in [0.29, 0.717) is 5.69 Å². The summed E-state index contributed by atoms with van der Waals surface area (Å²) in [6.07, 6.45) is -2.55. The first-order valence-electron chi connectivity index (χ1n) is 6.73. The quantitative estimate of drug-likeness (QED) is 0.923. The molecule has 0 spiro atoms. The number of nitrogens with one attached hydrogen (secondary N) is 1. The number of halogens is 3. The molecule has 0 aliphatic carbocycles. The van der Waals surface area contributed by atoms with Gasteiger partial charge in [0.1, 0.15) is 0 Å². The highest BCUT2D eigenvalue weighted by Gasteiger charge is 2.30. The van der Waals surface area contributed by atoms with E-state index in [1.807, 2.05) is 6.07 Å². The van der Waals surface area contributed by atoms with Crippen LogP contribution in [0.4, 0.5) is 19.0 Å². The van der Waals surface area contributed by atoms with Crippen molar-refractivity contribution >= 4 is 5.82 Å². The van der Waals surface area contributed by atoms with Crippen molar-refractivity contribution < 1.29 is 13.2 Å². The zero-order valence-corrected chi connectivity index (χ0v) is 11.3. The molecule has 1 aliphatic heterocycles. The van der Waals surface area contributed by atoms with Crippen LogP contribution < -0.4 is 10.2 Å². The van der Waals surface area contributed by atoms with Crippen LogP contribution in [0, 0.1) is 0 Å². The molecule has 0 unspecified atom stereocenters. The molecular weight excluding hydrogens is 281 g/mol. The molecule has 2 heterocycles. The summed E-state index contributed by atoms with van der Waals surface area (Å²) in [5.41, 5.74) is -0.0369. The number of piperazine rings is 1. The van der Waals surface area contributed by atoms with Crippen LogP contribution in [0.15, 0.2) is 36.5 Å². The lowest BCUT2D eigenvalue weighted by Crippen LogP contribution is -2.43. The van der Waals surface area contributed by atoms with Crippen molar-refractivity contribution in [1.29, 1.82) is 0 Å². The SMILES string of the molecule is FC(F)(F)c1ccc(-n2ccc(N3CCNCC3)n2)cc1. The number of hydrogen-bond acceptors (Lipinski definition) is 3. The van der Waals surface area contributed by atoms with E-state index >= 15 is 0 Å². The normalized spacial score (nSPS) is 16.2. The van der Waals surface area contributed by atoms with Gasteiger partial charge in [0.25, 0.3) is 0 Å². The maximum Gasteiger partial charge on any atom is 0.416 e. The Balaban J connectivity index is 1.79. The topological polar surface area (TPSA) is 33.1 Å². The molecule has 0 amide bonds. The summed E-state index contributed by atoms with van der Waals surface area (Å²) in [7, 11) is 0. The summed E-state index contributed by atoms with van der Waals surface area (Å²) >= 11 is 0. The van der Waals surface area contributed by atoms with Crippen LogP contribution in [0.1, 0.15) is 5.56 Å². The van der Waals surface area contributed by atoms with E-state index in [9.17, 15) is 13.2 Å². The first-order chi connectivity index (χ1) is 10.0. The Hall–Kier alpha value is -2.02. The third kappa shape index (κ3) is 3.02. The molecule has 7 heteroatoms. The second-order valence-electron chi connectivity index (χ2n) is 4.90. The molecule has 112 valence electrons. The molecule has 1 aliphatic rings. The maximum atomic E-state index is 12.5. The predicted octanol–water partition coefficient (Wildman–Crippen LogP) is 2.30. The van der Waals surface area contributed by atoms with Gasteiger partial charge in [0.2, 0.25) is 0 Å². The van der Waals surface area contributed by atoms with Crippen molar-refractivity contribution in [3.8, 4) is 5.69 Å². The standard InChI is InChI=1S/C14H15F3N4/c15-14(16,17)11-1-3-12(4-2-11)21-8-5-13(19-21)20-9-6-18-7-10-20/h1-5,8,18H,6-7,9-10H2. The van der Waals surface area contributed by atoms with Crippen molar-refractivity contribution in [1.82, 2.24) is 15.1 Å². The van der Waals surface area contributed by atoms with Gasteiger partial charge in [-0.3, -0.25) is 0 Å². The lowest BCUT2D eigenvalue weighted by atomic mass is 10.2. The molecule has 1 saturated heterocycles. The number of nitrogens with zero attached hydrogens (tertiary/aromatic N) is 3. The smallest absolute Gasteiger partial charge is 0.353 e. The minimum atomic E-state index is -4.31. The van der Waals surface area contributed by atoms with Gasteiger partial charge >= 0.3 is 6.18 Å². The summed E-state index contributed by atoms with van der Waals surface area (Å²) < 4.78 is 39.2. The van der Waals surface area contributed by atoms with Gasteiger partial charge in [-0.1, -0.05) is 0 Å². The van der Waals surface area contributed by atoms with E-state index in [1.165, 1.54) is 12.1 Å². The fourth-order valence-corrected chi connectivity index (χ4v) is 2.32. The molecular formula is C14H15F3N4. The van der Waals surface area contributed by atoms with Crippen LogP contribution in [0.3, 0.4) is 0 Å². The minimum absolute atomic E-state index is 0.615. The monoisotopic (exact) mass is 296 g/mol. The fourth-order valence-electron chi connectivity index (χ4n) is 2.32. The first kappa shape index (κ1) is 13.9. The Labute approximate surface area is 120 Å². The van der Waals surface area contributed by atoms with Crippen molar-refractivity contribution in [2.24, 2.45) is 0 Å². The summed E-state index contributed by atoms with van der Waals surface area (Å²) in [6, 6.07) is 6.88. The van der Waals surface area contributed by atoms with Crippen molar-refractivity contribution in [3.05, 3.63) is 42.1 Å². The average Bonchev–Trinajstić information content (AvgIpc) is 2.97. The third-order valence-corrected chi connectivity index (χ3v) is 3.48. The van der Waals surface area contributed by atoms with Gasteiger partial charge < -0.3 is 10.2 Å². The Morgan fingerprint density at radius 1 is 1.00 bits per heavy atom. The summed E-state index contributed by atoms with van der Waals surface area (Å²) in [5.74, 6) is 0.844. The maximum absolute atomic E-state index is 12.5. The average molecular weight is 296 g/mol. The molecule has 3 rings (SSSR count). The van der Waals surface area contributed by atoms with E-state index < -0.39 is 11.7 Å². The highest BCUT2D eigenvalue weighted by Crippen LogP contribution is 2.29. The molecule has 0 bridgehead atoms. The van der Waals surface area contributed by atoms with Gasteiger partial charge in [-0.2, -0.15) is 18.3 Å². The Kier molecular flexibility index (Phi) is 3.59. The van der Waals surface area contributed by atoms with Crippen molar-refractivity contribution in [2.75, 3.05) is 31.1 Å². The first-order valence-corrected chi connectivity index (χ1v) is 6.73. The third-order valence-electron chi connectivity index (χ3n) is 3.48. The van der Waals surface area contributed by atoms with Gasteiger partial charge in [-0.25, -0.2) is 4.68 Å². The fraction of sp³-hybridized carbons (Fsp3) is 0.357. The Morgan fingerprint density at radius 3 is 2.29 bits per heavy atom. The van der Waals surface area contributed by atoms with Crippen LogP contribution >= 0.6 is 0 Å². The lowest BCUT2D eigenvalue weighted by molar-refractivity contribution is -0.137. The van der Waals surface area contributed by atoms with Gasteiger partial charge in [0.05, 0.1) is 11.3 Å². The molecule has 1 fully saturated rings. The number of alkyl halides is 3. The van der Waals surface area contributed by atoms with E-state index in [1.54, 1.807) is 10.9 Å². The number of rotatable bonds is 2. The van der Waals surface area contributed by atoms with Gasteiger partial charge in [-0.15, -0.1) is 0 Å². The van der Waals surface area contributed by atoms with Crippen LogP contribution in [0.5, 0.6) is 0 Å². The van der Waals surface area contributed by atoms with Crippen LogP contribution in [0.25, 0.3) is 5.69 Å². The van der Waals surface area contributed by atoms with Gasteiger partial charge in [0.15, 0.2) is 5.82 Å². The van der Waals surface area contributed by atoms with E-state index in [-0.39, 0.29) is 0 Å². The Morgan fingerprint density at radius 2 is 1.67 bits per heavy atom. The van der Waals surface area contributed by atoms with Gasteiger partial charge in [-0.05, 0) is 24.3 Å². The largest absolute Gasteiger partial charge is 0.416 e. The molecule has 4 nitrogen and oxygen atoms in total. The van der Waals surface area contributed by atoms with E-state index in [4.69, 9.17) is 0 Å². The molecule has 21 heavy (non-hydrogen) atoms. The molecule has 1 aromatic heterocycles. The highest BCUT2D eigenvalue weighted by atomic mass is 19.4. The number of hydrogen-bond donors (Lipinski definition) is 1. The van der Waals surface area contributed by atoms with Crippen LogP contribution in [0.2, 0.25) is 0 Å². The minimum Gasteiger partial charge on any atom is -0.353 e. The molecule has 0 radical (unpaired) electrons. The molecule has 1 N–H and O–H groups in total. The predicted molar refractivity (Wildman–Crippen MR) is 73.6 cm³/mol. The lowest BCUT2D eigenvalue weighted by Gasteiger charge is -2.27. The summed E-state index contributed by atoms with van der Waals surface area (Å²) in [5, 5.41) is 7.69. The summed E-state index contributed by atoms with van der Waals surface area (Å²) in [6.45, 7) is 3.58. The molecule has 0 atom stereocenters. The molecule has 1 aromatic carbocycles. The second-order valence-corrected chi connectivity index (χ2v) is 4.90.